The lowest BCUT2D eigenvalue weighted by Crippen LogP contribution is -2.10. The lowest BCUT2D eigenvalue weighted by atomic mass is 9.84. The molecule has 0 nitrogen and oxygen atoms in total. The Hall–Kier alpha value is -0.780. The van der Waals surface area contributed by atoms with Crippen molar-refractivity contribution in [2.45, 2.75) is 33.1 Å². The smallest absolute Gasteiger partial charge is 0.0107 e. The highest BCUT2D eigenvalue weighted by Gasteiger charge is 2.30. The zero-order valence-corrected chi connectivity index (χ0v) is 8.75. The average Bonchev–Trinajstić information content (AvgIpc) is 2.39. The lowest BCUT2D eigenvalue weighted by Gasteiger charge is -2.20. The van der Waals surface area contributed by atoms with Crippen molar-refractivity contribution >= 4 is 0 Å². The Morgan fingerprint density at radius 2 is 1.92 bits per heavy atom. The van der Waals surface area contributed by atoms with E-state index in [0.29, 0.717) is 0 Å². The molecule has 0 aliphatic heterocycles. The lowest BCUT2D eigenvalue weighted by molar-refractivity contribution is 0.393. The van der Waals surface area contributed by atoms with Gasteiger partial charge in [0.1, 0.15) is 0 Å². The second kappa shape index (κ2) is 3.17. The van der Waals surface area contributed by atoms with Crippen LogP contribution in [0.15, 0.2) is 24.3 Å². The molecule has 1 aromatic rings. The van der Waals surface area contributed by atoms with Gasteiger partial charge in [0.15, 0.2) is 0 Å². The summed E-state index contributed by atoms with van der Waals surface area (Å²) in [6.07, 6.45) is 1.28. The van der Waals surface area contributed by atoms with Crippen LogP contribution < -0.4 is 0 Å². The molecule has 70 valence electrons. The van der Waals surface area contributed by atoms with E-state index < -0.39 is 0 Å². The molecule has 0 saturated carbocycles. The molecule has 0 unspecified atom stereocenters. The Balaban J connectivity index is 2.40. The molecule has 0 heterocycles. The van der Waals surface area contributed by atoms with E-state index in [1.54, 1.807) is 11.1 Å². The van der Waals surface area contributed by atoms with Crippen molar-refractivity contribution in [3.8, 4) is 0 Å². The Bertz CT molecular complexity index is 299. The molecule has 2 atom stereocenters. The van der Waals surface area contributed by atoms with Crippen molar-refractivity contribution in [1.82, 2.24) is 0 Å². The summed E-state index contributed by atoms with van der Waals surface area (Å²) >= 11 is 0. The van der Waals surface area contributed by atoms with Crippen LogP contribution in [0.3, 0.4) is 0 Å². The van der Waals surface area contributed by atoms with Gasteiger partial charge in [-0.15, -0.1) is 0 Å². The fraction of sp³-hybridized carbons (Fsp3) is 0.538. The highest BCUT2D eigenvalue weighted by Crippen LogP contribution is 2.41. The van der Waals surface area contributed by atoms with Gasteiger partial charge in [-0.1, -0.05) is 45.0 Å². The summed E-state index contributed by atoms with van der Waals surface area (Å²) in [6.45, 7) is 7.05. The molecular weight excluding hydrogens is 156 g/mol. The molecule has 1 aromatic carbocycles. The largest absolute Gasteiger partial charge is 0.0622 e. The maximum absolute atomic E-state index is 2.38. The van der Waals surface area contributed by atoms with Crippen molar-refractivity contribution in [2.24, 2.45) is 11.8 Å². The molecule has 13 heavy (non-hydrogen) atoms. The molecule has 0 N–H and O–H groups in total. The van der Waals surface area contributed by atoms with Gasteiger partial charge in [-0.2, -0.15) is 0 Å². The van der Waals surface area contributed by atoms with E-state index in [-0.39, 0.29) is 0 Å². The van der Waals surface area contributed by atoms with Gasteiger partial charge in [0.25, 0.3) is 0 Å². The molecule has 0 radical (unpaired) electrons. The second-order valence-electron chi connectivity index (χ2n) is 4.65. The van der Waals surface area contributed by atoms with Gasteiger partial charge in [0.2, 0.25) is 0 Å². The predicted octanol–water partition coefficient (Wildman–Crippen LogP) is 3.62. The SMILES string of the molecule is CC(C)[C@@H]1c2ccccc2C[C@@H]1C. The number of hydrogen-bond acceptors (Lipinski definition) is 0. The monoisotopic (exact) mass is 174 g/mol. The zero-order chi connectivity index (χ0) is 9.42. The third kappa shape index (κ3) is 1.39. The van der Waals surface area contributed by atoms with Gasteiger partial charge in [0.05, 0.1) is 0 Å². The molecule has 1 aliphatic rings. The van der Waals surface area contributed by atoms with Crippen LogP contribution >= 0.6 is 0 Å². The van der Waals surface area contributed by atoms with E-state index >= 15 is 0 Å². The van der Waals surface area contributed by atoms with E-state index in [1.807, 2.05) is 0 Å². The molecule has 1 aliphatic carbocycles. The molecular formula is C13H18. The molecule has 0 bridgehead atoms. The first-order valence-electron chi connectivity index (χ1n) is 5.28. The number of rotatable bonds is 1. The van der Waals surface area contributed by atoms with E-state index in [9.17, 15) is 0 Å². The van der Waals surface area contributed by atoms with Gasteiger partial charge in [-0.25, -0.2) is 0 Å². The first-order valence-corrected chi connectivity index (χ1v) is 5.28. The molecule has 0 fully saturated rings. The molecule has 0 saturated heterocycles. The van der Waals surface area contributed by atoms with Crippen molar-refractivity contribution in [1.29, 1.82) is 0 Å². The van der Waals surface area contributed by atoms with Crippen molar-refractivity contribution in [2.75, 3.05) is 0 Å². The summed E-state index contributed by atoms with van der Waals surface area (Å²) in [4.78, 5) is 0. The quantitative estimate of drug-likeness (QED) is 0.610. The van der Waals surface area contributed by atoms with Gasteiger partial charge in [-0.05, 0) is 35.3 Å². The third-order valence-electron chi connectivity index (χ3n) is 3.29. The van der Waals surface area contributed by atoms with Crippen LogP contribution in [-0.2, 0) is 6.42 Å². The van der Waals surface area contributed by atoms with Crippen LogP contribution in [0, 0.1) is 11.8 Å². The van der Waals surface area contributed by atoms with E-state index in [1.165, 1.54) is 6.42 Å². The van der Waals surface area contributed by atoms with Gasteiger partial charge in [-0.3, -0.25) is 0 Å². The zero-order valence-electron chi connectivity index (χ0n) is 8.75. The minimum Gasteiger partial charge on any atom is -0.0622 e. The fourth-order valence-corrected chi connectivity index (χ4v) is 2.84. The fourth-order valence-electron chi connectivity index (χ4n) is 2.84. The Morgan fingerprint density at radius 1 is 1.23 bits per heavy atom. The minimum atomic E-state index is 0.777. The van der Waals surface area contributed by atoms with E-state index in [0.717, 1.165) is 17.8 Å². The Labute approximate surface area is 81.0 Å². The highest BCUT2D eigenvalue weighted by molar-refractivity contribution is 5.36. The predicted molar refractivity (Wildman–Crippen MR) is 56.9 cm³/mol. The van der Waals surface area contributed by atoms with E-state index in [2.05, 4.69) is 45.0 Å². The molecule has 2 rings (SSSR count). The van der Waals surface area contributed by atoms with Crippen molar-refractivity contribution < 1.29 is 0 Å². The van der Waals surface area contributed by atoms with Crippen LogP contribution in [0.1, 0.15) is 37.8 Å². The minimum absolute atomic E-state index is 0.777. The summed E-state index contributed by atoms with van der Waals surface area (Å²) in [5.41, 5.74) is 3.18. The average molecular weight is 174 g/mol. The van der Waals surface area contributed by atoms with Crippen LogP contribution in [0.5, 0.6) is 0 Å². The number of hydrogen-bond donors (Lipinski definition) is 0. The maximum Gasteiger partial charge on any atom is -0.0107 e. The van der Waals surface area contributed by atoms with Crippen LogP contribution in [0.2, 0.25) is 0 Å². The molecule has 0 amide bonds. The summed E-state index contributed by atoms with van der Waals surface area (Å²) in [7, 11) is 0. The molecule has 0 aromatic heterocycles. The summed E-state index contributed by atoms with van der Waals surface area (Å²) in [5, 5.41) is 0. The maximum atomic E-state index is 2.38. The van der Waals surface area contributed by atoms with Crippen LogP contribution in [-0.4, -0.2) is 0 Å². The first kappa shape index (κ1) is 8.80. The van der Waals surface area contributed by atoms with Crippen molar-refractivity contribution in [3.63, 3.8) is 0 Å². The molecule has 0 heteroatoms. The number of fused-ring (bicyclic) bond motifs is 1. The molecule has 0 spiro atoms. The Kier molecular flexibility index (Phi) is 2.15. The normalized spacial score (nSPS) is 26.5. The van der Waals surface area contributed by atoms with Gasteiger partial charge >= 0.3 is 0 Å². The summed E-state index contributed by atoms with van der Waals surface area (Å²) in [5.74, 6) is 2.40. The third-order valence-corrected chi connectivity index (χ3v) is 3.29. The first-order chi connectivity index (χ1) is 6.20. The second-order valence-corrected chi connectivity index (χ2v) is 4.65. The van der Waals surface area contributed by atoms with Crippen LogP contribution in [0.25, 0.3) is 0 Å². The standard InChI is InChI=1S/C13H18/c1-9(2)13-10(3)8-11-6-4-5-7-12(11)13/h4-7,9-10,13H,8H2,1-3H3/t10-,13-/m0/s1. The van der Waals surface area contributed by atoms with E-state index in [4.69, 9.17) is 0 Å². The highest BCUT2D eigenvalue weighted by atomic mass is 14.3. The summed E-state index contributed by atoms with van der Waals surface area (Å²) in [6, 6.07) is 8.93. The Morgan fingerprint density at radius 3 is 2.62 bits per heavy atom. The van der Waals surface area contributed by atoms with Gasteiger partial charge in [0, 0.05) is 0 Å². The summed E-state index contributed by atoms with van der Waals surface area (Å²) < 4.78 is 0. The van der Waals surface area contributed by atoms with Gasteiger partial charge < -0.3 is 0 Å². The topological polar surface area (TPSA) is 0 Å². The van der Waals surface area contributed by atoms with Crippen LogP contribution in [0.4, 0.5) is 0 Å². The number of benzene rings is 1. The van der Waals surface area contributed by atoms with Crippen molar-refractivity contribution in [3.05, 3.63) is 35.4 Å².